The van der Waals surface area contributed by atoms with Gasteiger partial charge in [-0.25, -0.2) is 0 Å². The third-order valence-electron chi connectivity index (χ3n) is 2.51. The number of rotatable bonds is 3. The molecule has 1 aromatic carbocycles. The zero-order valence-corrected chi connectivity index (χ0v) is 9.80. The predicted molar refractivity (Wildman–Crippen MR) is 64.1 cm³/mol. The lowest BCUT2D eigenvalue weighted by Crippen LogP contribution is -2.25. The molecule has 0 radical (unpaired) electrons. The SMILES string of the molecule is Nc1cc2c(cc1NCCC(F)(F)F)NC(=O)CO2. The fourth-order valence-corrected chi connectivity index (χ4v) is 1.63. The second-order valence-electron chi connectivity index (χ2n) is 4.06. The summed E-state index contributed by atoms with van der Waals surface area (Å²) in [5.41, 5.74) is 6.67. The van der Waals surface area contributed by atoms with Crippen LogP contribution in [-0.4, -0.2) is 25.2 Å². The molecule has 0 aromatic heterocycles. The Morgan fingerprint density at radius 1 is 1.42 bits per heavy atom. The first-order valence-electron chi connectivity index (χ1n) is 5.52. The molecular formula is C11H12F3N3O2. The third kappa shape index (κ3) is 3.43. The standard InChI is InChI=1S/C11H12F3N3O2/c12-11(13,14)1-2-16-7-4-8-9(3-6(7)15)19-5-10(18)17-8/h3-4,16H,1-2,5,15H2,(H,17,18). The van der Waals surface area contributed by atoms with Crippen molar-refractivity contribution < 1.29 is 22.7 Å². The van der Waals surface area contributed by atoms with E-state index >= 15 is 0 Å². The van der Waals surface area contributed by atoms with E-state index in [0.29, 0.717) is 17.1 Å². The zero-order valence-electron chi connectivity index (χ0n) is 9.80. The van der Waals surface area contributed by atoms with E-state index in [4.69, 9.17) is 10.5 Å². The number of carbonyl (C=O) groups excluding carboxylic acids is 1. The van der Waals surface area contributed by atoms with E-state index in [0.717, 1.165) is 0 Å². The summed E-state index contributed by atoms with van der Waals surface area (Å²) >= 11 is 0. The number of anilines is 3. The van der Waals surface area contributed by atoms with E-state index in [1.165, 1.54) is 12.1 Å². The lowest BCUT2D eigenvalue weighted by molar-refractivity contribution is -0.131. The number of nitrogen functional groups attached to an aromatic ring is 1. The van der Waals surface area contributed by atoms with Crippen LogP contribution in [0.3, 0.4) is 0 Å². The van der Waals surface area contributed by atoms with Gasteiger partial charge in [0.2, 0.25) is 0 Å². The summed E-state index contributed by atoms with van der Waals surface area (Å²) in [7, 11) is 0. The molecule has 1 aliphatic heterocycles. The van der Waals surface area contributed by atoms with Crippen molar-refractivity contribution in [3.63, 3.8) is 0 Å². The molecule has 0 spiro atoms. The van der Waals surface area contributed by atoms with E-state index in [9.17, 15) is 18.0 Å². The zero-order chi connectivity index (χ0) is 14.0. The van der Waals surface area contributed by atoms with Crippen LogP contribution in [0.2, 0.25) is 0 Å². The number of carbonyl (C=O) groups is 1. The van der Waals surface area contributed by atoms with Crippen molar-refractivity contribution in [3.8, 4) is 5.75 Å². The van der Waals surface area contributed by atoms with Crippen LogP contribution in [0.4, 0.5) is 30.2 Å². The number of hydrogen-bond donors (Lipinski definition) is 3. The lowest BCUT2D eigenvalue weighted by atomic mass is 10.2. The Bertz CT molecular complexity index is 503. The van der Waals surface area contributed by atoms with Gasteiger partial charge in [0.15, 0.2) is 6.61 Å². The molecule has 1 amide bonds. The van der Waals surface area contributed by atoms with Crippen molar-refractivity contribution >= 4 is 23.0 Å². The van der Waals surface area contributed by atoms with Gasteiger partial charge < -0.3 is 21.1 Å². The van der Waals surface area contributed by atoms with Gasteiger partial charge >= 0.3 is 6.18 Å². The van der Waals surface area contributed by atoms with Crippen LogP contribution in [-0.2, 0) is 4.79 Å². The van der Waals surface area contributed by atoms with Crippen LogP contribution < -0.4 is 21.1 Å². The highest BCUT2D eigenvalue weighted by molar-refractivity contribution is 5.97. The van der Waals surface area contributed by atoms with E-state index < -0.39 is 12.6 Å². The highest BCUT2D eigenvalue weighted by atomic mass is 19.4. The number of amides is 1. The minimum Gasteiger partial charge on any atom is -0.482 e. The lowest BCUT2D eigenvalue weighted by Gasteiger charge is -2.20. The molecule has 1 heterocycles. The number of nitrogens with two attached hydrogens (primary N) is 1. The van der Waals surface area contributed by atoms with Gasteiger partial charge in [-0.3, -0.25) is 4.79 Å². The first-order valence-corrected chi connectivity index (χ1v) is 5.52. The monoisotopic (exact) mass is 275 g/mol. The summed E-state index contributed by atoms with van der Waals surface area (Å²) in [6, 6.07) is 2.92. The quantitative estimate of drug-likeness (QED) is 0.737. The predicted octanol–water partition coefficient (Wildman–Crippen LogP) is 1.96. The summed E-state index contributed by atoms with van der Waals surface area (Å²) < 4.78 is 41.2. The molecule has 5 nitrogen and oxygen atoms in total. The number of hydrogen-bond acceptors (Lipinski definition) is 4. The van der Waals surface area contributed by atoms with Crippen molar-refractivity contribution in [2.75, 3.05) is 29.5 Å². The summed E-state index contributed by atoms with van der Waals surface area (Å²) in [4.78, 5) is 11.1. The molecule has 0 bridgehead atoms. The first-order chi connectivity index (χ1) is 8.85. The van der Waals surface area contributed by atoms with E-state index in [1.807, 2.05) is 0 Å². The van der Waals surface area contributed by atoms with Gasteiger partial charge in [-0.2, -0.15) is 13.2 Å². The van der Waals surface area contributed by atoms with Gasteiger partial charge in [-0.15, -0.1) is 0 Å². The molecule has 0 fully saturated rings. The average molecular weight is 275 g/mol. The normalized spacial score (nSPS) is 14.4. The highest BCUT2D eigenvalue weighted by Crippen LogP contribution is 2.35. The van der Waals surface area contributed by atoms with Gasteiger partial charge in [0, 0.05) is 12.6 Å². The second kappa shape index (κ2) is 4.87. The molecule has 0 aliphatic carbocycles. The summed E-state index contributed by atoms with van der Waals surface area (Å²) in [6.07, 6.45) is -5.19. The van der Waals surface area contributed by atoms with Gasteiger partial charge in [0.25, 0.3) is 5.91 Å². The molecule has 8 heteroatoms. The number of fused-ring (bicyclic) bond motifs is 1. The van der Waals surface area contributed by atoms with Crippen LogP contribution >= 0.6 is 0 Å². The highest BCUT2D eigenvalue weighted by Gasteiger charge is 2.26. The Morgan fingerprint density at radius 2 is 2.16 bits per heavy atom. The molecule has 1 aromatic rings. The van der Waals surface area contributed by atoms with E-state index in [-0.39, 0.29) is 24.7 Å². The molecule has 104 valence electrons. The molecule has 19 heavy (non-hydrogen) atoms. The van der Waals surface area contributed by atoms with Crippen molar-refractivity contribution in [2.45, 2.75) is 12.6 Å². The maximum Gasteiger partial charge on any atom is 0.390 e. The molecule has 2 rings (SSSR count). The fourth-order valence-electron chi connectivity index (χ4n) is 1.63. The second-order valence-corrected chi connectivity index (χ2v) is 4.06. The Labute approximate surface area is 106 Å². The van der Waals surface area contributed by atoms with Crippen LogP contribution in [0.5, 0.6) is 5.75 Å². The smallest absolute Gasteiger partial charge is 0.390 e. The van der Waals surface area contributed by atoms with Gasteiger partial charge in [-0.05, 0) is 6.07 Å². The summed E-state index contributed by atoms with van der Waals surface area (Å²) in [5, 5.41) is 5.14. The largest absolute Gasteiger partial charge is 0.482 e. The number of ether oxygens (including phenoxy) is 1. The van der Waals surface area contributed by atoms with Crippen LogP contribution in [0.1, 0.15) is 6.42 Å². The summed E-state index contributed by atoms with van der Waals surface area (Å²) in [6.45, 7) is -0.394. The first kappa shape index (κ1) is 13.3. The van der Waals surface area contributed by atoms with Crippen LogP contribution in [0, 0.1) is 0 Å². The maximum absolute atomic E-state index is 12.0. The number of nitrogens with one attached hydrogen (secondary N) is 2. The van der Waals surface area contributed by atoms with E-state index in [1.54, 1.807) is 0 Å². The maximum atomic E-state index is 12.0. The number of benzene rings is 1. The fraction of sp³-hybridized carbons (Fsp3) is 0.364. The van der Waals surface area contributed by atoms with E-state index in [2.05, 4.69) is 10.6 Å². The van der Waals surface area contributed by atoms with Crippen molar-refractivity contribution in [1.82, 2.24) is 0 Å². The molecule has 0 unspecified atom stereocenters. The Balaban J connectivity index is 2.09. The molecule has 0 saturated heterocycles. The molecule has 0 saturated carbocycles. The molecule has 0 atom stereocenters. The van der Waals surface area contributed by atoms with Gasteiger partial charge in [-0.1, -0.05) is 0 Å². The van der Waals surface area contributed by atoms with Crippen LogP contribution in [0.15, 0.2) is 12.1 Å². The third-order valence-corrected chi connectivity index (χ3v) is 2.51. The minimum absolute atomic E-state index is 0.104. The molecule has 4 N–H and O–H groups in total. The Kier molecular flexibility index (Phi) is 3.41. The van der Waals surface area contributed by atoms with Crippen LogP contribution in [0.25, 0.3) is 0 Å². The van der Waals surface area contributed by atoms with Crippen molar-refractivity contribution in [2.24, 2.45) is 0 Å². The van der Waals surface area contributed by atoms with Gasteiger partial charge in [0.05, 0.1) is 23.5 Å². The average Bonchev–Trinajstić information content (AvgIpc) is 2.29. The molecule has 1 aliphatic rings. The number of alkyl halides is 3. The topological polar surface area (TPSA) is 76.4 Å². The Hall–Kier alpha value is -2.12. The number of halogens is 3. The van der Waals surface area contributed by atoms with Crippen molar-refractivity contribution in [3.05, 3.63) is 12.1 Å². The van der Waals surface area contributed by atoms with Crippen molar-refractivity contribution in [1.29, 1.82) is 0 Å². The Morgan fingerprint density at radius 3 is 2.84 bits per heavy atom. The minimum atomic E-state index is -4.23. The molecular weight excluding hydrogens is 263 g/mol. The van der Waals surface area contributed by atoms with Gasteiger partial charge in [0.1, 0.15) is 5.75 Å². The summed E-state index contributed by atoms with van der Waals surface area (Å²) in [5.74, 6) is 0.0805.